The maximum Gasteiger partial charge on any atom is 0.191 e. The summed E-state index contributed by atoms with van der Waals surface area (Å²) in [5.41, 5.74) is 3.67. The van der Waals surface area contributed by atoms with Crippen LogP contribution in [0.15, 0.2) is 53.5 Å². The molecule has 0 unspecified atom stereocenters. The molecule has 6 nitrogen and oxygen atoms in total. The number of rotatable bonds is 8. The van der Waals surface area contributed by atoms with Gasteiger partial charge in [-0.2, -0.15) is 0 Å². The highest BCUT2D eigenvalue weighted by Gasteiger charge is 2.22. The van der Waals surface area contributed by atoms with Gasteiger partial charge in [-0.25, -0.2) is 0 Å². The lowest BCUT2D eigenvalue weighted by atomic mass is 10.1. The van der Waals surface area contributed by atoms with E-state index in [4.69, 9.17) is 9.47 Å². The Kier molecular flexibility index (Phi) is 9.27. The van der Waals surface area contributed by atoms with Crippen molar-refractivity contribution < 1.29 is 9.47 Å². The van der Waals surface area contributed by atoms with Crippen molar-refractivity contribution in [1.82, 2.24) is 10.6 Å². The van der Waals surface area contributed by atoms with Gasteiger partial charge < -0.3 is 25.0 Å². The molecule has 1 saturated carbocycles. The molecule has 4 rings (SSSR count). The summed E-state index contributed by atoms with van der Waals surface area (Å²) in [7, 11) is 1.80. The van der Waals surface area contributed by atoms with E-state index >= 15 is 0 Å². The van der Waals surface area contributed by atoms with Crippen LogP contribution in [0.5, 0.6) is 5.75 Å². The Bertz CT molecular complexity index is 851. The molecule has 2 fully saturated rings. The summed E-state index contributed by atoms with van der Waals surface area (Å²) in [6, 6.07) is 16.8. The summed E-state index contributed by atoms with van der Waals surface area (Å²) < 4.78 is 11.5. The highest BCUT2D eigenvalue weighted by molar-refractivity contribution is 14.0. The van der Waals surface area contributed by atoms with Crippen molar-refractivity contribution >= 4 is 35.6 Å². The Labute approximate surface area is 202 Å². The molecule has 1 saturated heterocycles. The quantitative estimate of drug-likeness (QED) is 0.306. The third-order valence-corrected chi connectivity index (χ3v) is 5.60. The van der Waals surface area contributed by atoms with Gasteiger partial charge in [0.05, 0.1) is 19.8 Å². The number of nitrogens with one attached hydrogen (secondary N) is 2. The molecule has 2 aromatic rings. The molecular formula is C24H33IN4O2. The zero-order valence-electron chi connectivity index (χ0n) is 18.2. The van der Waals surface area contributed by atoms with E-state index in [0.717, 1.165) is 56.1 Å². The Morgan fingerprint density at radius 3 is 2.35 bits per heavy atom. The van der Waals surface area contributed by atoms with Crippen LogP contribution in [-0.2, 0) is 17.8 Å². The molecule has 1 aliphatic heterocycles. The molecule has 1 heterocycles. The average molecular weight is 536 g/mol. The van der Waals surface area contributed by atoms with Gasteiger partial charge in [-0.05, 0) is 36.5 Å². The first-order valence-electron chi connectivity index (χ1n) is 10.9. The van der Waals surface area contributed by atoms with E-state index in [1.54, 1.807) is 7.05 Å². The number of ether oxygens (including phenoxy) is 2. The molecule has 0 amide bonds. The molecule has 0 spiro atoms. The zero-order valence-corrected chi connectivity index (χ0v) is 20.5. The Hall–Kier alpha value is -2.00. The van der Waals surface area contributed by atoms with Crippen LogP contribution in [0.3, 0.4) is 0 Å². The standard InChI is InChI=1S/C24H32N4O2.HI/c1-25-24(27-17-21-7-3-5-9-23(21)30-18-19-10-11-19)26-16-20-6-2-4-8-22(20)28-12-14-29-15-13-28;/h2-9,19H,10-18H2,1H3,(H2,25,26,27);1H. The van der Waals surface area contributed by atoms with Crippen LogP contribution in [0.4, 0.5) is 5.69 Å². The van der Waals surface area contributed by atoms with Crippen LogP contribution in [0, 0.1) is 5.92 Å². The summed E-state index contributed by atoms with van der Waals surface area (Å²) in [5, 5.41) is 6.88. The summed E-state index contributed by atoms with van der Waals surface area (Å²) >= 11 is 0. The third-order valence-electron chi connectivity index (χ3n) is 5.60. The van der Waals surface area contributed by atoms with Crippen molar-refractivity contribution in [1.29, 1.82) is 0 Å². The van der Waals surface area contributed by atoms with Crippen molar-refractivity contribution in [3.05, 3.63) is 59.7 Å². The second kappa shape index (κ2) is 12.1. The molecule has 31 heavy (non-hydrogen) atoms. The number of anilines is 1. The minimum absolute atomic E-state index is 0. The van der Waals surface area contributed by atoms with Crippen molar-refractivity contribution in [3.8, 4) is 5.75 Å². The first-order valence-corrected chi connectivity index (χ1v) is 10.9. The first kappa shape index (κ1) is 23.7. The van der Waals surface area contributed by atoms with Gasteiger partial charge in [0.15, 0.2) is 5.96 Å². The highest BCUT2D eigenvalue weighted by Crippen LogP contribution is 2.30. The predicted octanol–water partition coefficient (Wildman–Crippen LogP) is 3.80. The second-order valence-corrected chi connectivity index (χ2v) is 7.87. The van der Waals surface area contributed by atoms with Crippen molar-refractivity contribution in [2.24, 2.45) is 10.9 Å². The van der Waals surface area contributed by atoms with E-state index < -0.39 is 0 Å². The molecule has 168 valence electrons. The molecule has 2 aliphatic rings. The number of hydrogen-bond acceptors (Lipinski definition) is 4. The van der Waals surface area contributed by atoms with E-state index in [1.165, 1.54) is 24.1 Å². The second-order valence-electron chi connectivity index (χ2n) is 7.87. The van der Waals surface area contributed by atoms with E-state index in [2.05, 4.69) is 56.9 Å². The monoisotopic (exact) mass is 536 g/mol. The summed E-state index contributed by atoms with van der Waals surface area (Å²) in [5.74, 6) is 2.49. The largest absolute Gasteiger partial charge is 0.493 e. The summed E-state index contributed by atoms with van der Waals surface area (Å²) in [4.78, 5) is 6.79. The molecule has 1 aliphatic carbocycles. The van der Waals surface area contributed by atoms with Gasteiger partial charge in [-0.1, -0.05) is 36.4 Å². The average Bonchev–Trinajstić information content (AvgIpc) is 3.64. The fourth-order valence-electron chi connectivity index (χ4n) is 3.63. The van der Waals surface area contributed by atoms with Gasteiger partial charge in [0.1, 0.15) is 5.75 Å². The molecule has 7 heteroatoms. The molecule has 0 radical (unpaired) electrons. The minimum Gasteiger partial charge on any atom is -0.493 e. The Balaban J connectivity index is 0.00000272. The maximum absolute atomic E-state index is 6.02. The van der Waals surface area contributed by atoms with E-state index in [9.17, 15) is 0 Å². The normalized spacial score (nSPS) is 16.4. The van der Waals surface area contributed by atoms with Crippen LogP contribution in [-0.4, -0.2) is 45.9 Å². The number of nitrogens with zero attached hydrogens (tertiary/aromatic N) is 2. The first-order chi connectivity index (χ1) is 14.8. The number of para-hydroxylation sites is 2. The van der Waals surface area contributed by atoms with Crippen LogP contribution in [0.25, 0.3) is 0 Å². The predicted molar refractivity (Wildman–Crippen MR) is 137 cm³/mol. The van der Waals surface area contributed by atoms with Gasteiger partial charge in [0, 0.05) is 44.5 Å². The van der Waals surface area contributed by atoms with Gasteiger partial charge in [-0.15, -0.1) is 24.0 Å². The van der Waals surface area contributed by atoms with Gasteiger partial charge in [0.2, 0.25) is 0 Å². The number of guanidine groups is 1. The van der Waals surface area contributed by atoms with Crippen LogP contribution < -0.4 is 20.3 Å². The lowest BCUT2D eigenvalue weighted by molar-refractivity contribution is 0.122. The molecule has 0 bridgehead atoms. The van der Waals surface area contributed by atoms with Crippen LogP contribution in [0.1, 0.15) is 24.0 Å². The lowest BCUT2D eigenvalue weighted by Gasteiger charge is -2.30. The number of halogens is 1. The van der Waals surface area contributed by atoms with Gasteiger partial charge >= 0.3 is 0 Å². The SMILES string of the molecule is CN=C(NCc1ccccc1OCC1CC1)NCc1ccccc1N1CCOCC1.I. The smallest absolute Gasteiger partial charge is 0.191 e. The molecule has 0 aromatic heterocycles. The van der Waals surface area contributed by atoms with Crippen molar-refractivity contribution in [2.45, 2.75) is 25.9 Å². The Morgan fingerprint density at radius 2 is 1.65 bits per heavy atom. The number of morpholine rings is 1. The van der Waals surface area contributed by atoms with Gasteiger partial charge in [0.25, 0.3) is 0 Å². The number of hydrogen-bond donors (Lipinski definition) is 2. The molecule has 0 atom stereocenters. The lowest BCUT2D eigenvalue weighted by Crippen LogP contribution is -2.39. The Morgan fingerprint density at radius 1 is 1.00 bits per heavy atom. The van der Waals surface area contributed by atoms with Crippen molar-refractivity contribution in [3.63, 3.8) is 0 Å². The van der Waals surface area contributed by atoms with Crippen LogP contribution >= 0.6 is 24.0 Å². The molecule has 2 aromatic carbocycles. The zero-order chi connectivity index (χ0) is 20.6. The fourth-order valence-corrected chi connectivity index (χ4v) is 3.63. The summed E-state index contributed by atoms with van der Waals surface area (Å²) in [6.07, 6.45) is 2.59. The molecular weight excluding hydrogens is 503 g/mol. The minimum atomic E-state index is 0. The topological polar surface area (TPSA) is 58.1 Å². The number of benzene rings is 2. The third kappa shape index (κ3) is 7.00. The van der Waals surface area contributed by atoms with E-state index in [1.807, 2.05) is 12.1 Å². The highest BCUT2D eigenvalue weighted by atomic mass is 127. The van der Waals surface area contributed by atoms with E-state index in [-0.39, 0.29) is 24.0 Å². The molecule has 2 N–H and O–H groups in total. The maximum atomic E-state index is 6.02. The van der Waals surface area contributed by atoms with Gasteiger partial charge in [-0.3, -0.25) is 4.99 Å². The number of aliphatic imine (C=N–C) groups is 1. The van der Waals surface area contributed by atoms with Crippen LogP contribution in [0.2, 0.25) is 0 Å². The fraction of sp³-hybridized carbons (Fsp3) is 0.458. The van der Waals surface area contributed by atoms with Crippen molar-refractivity contribution in [2.75, 3.05) is 44.9 Å². The summed E-state index contributed by atoms with van der Waals surface area (Å²) in [6.45, 7) is 5.64. The van der Waals surface area contributed by atoms with E-state index in [0.29, 0.717) is 13.1 Å².